The molecule has 0 fully saturated rings. The van der Waals surface area contributed by atoms with Crippen LogP contribution < -0.4 is 0 Å². The van der Waals surface area contributed by atoms with Crippen molar-refractivity contribution < 1.29 is 15.3 Å². The van der Waals surface area contributed by atoms with Crippen LogP contribution in [0.5, 0.6) is 11.5 Å². The number of aliphatic hydroxyl groups excluding tert-OH is 1. The first-order chi connectivity index (χ1) is 9.72. The third kappa shape index (κ3) is 1.88. The van der Waals surface area contributed by atoms with Gasteiger partial charge >= 0.3 is 0 Å². The molecule has 0 aliphatic heterocycles. The summed E-state index contributed by atoms with van der Waals surface area (Å²) in [6.45, 7) is 0.331. The Kier molecular flexibility index (Phi) is 3.04. The van der Waals surface area contributed by atoms with Gasteiger partial charge in [0.15, 0.2) is 11.5 Å². The highest BCUT2D eigenvalue weighted by molar-refractivity contribution is 5.82. The van der Waals surface area contributed by atoms with Gasteiger partial charge in [-0.15, -0.1) is 0 Å². The zero-order valence-electron chi connectivity index (χ0n) is 10.7. The lowest BCUT2D eigenvalue weighted by molar-refractivity contribution is 0.278. The highest BCUT2D eigenvalue weighted by atomic mass is 16.3. The summed E-state index contributed by atoms with van der Waals surface area (Å²) in [6, 6.07) is 12.3. The Morgan fingerprint density at radius 1 is 1.00 bits per heavy atom. The van der Waals surface area contributed by atoms with Crippen molar-refractivity contribution in [3.8, 4) is 22.9 Å². The molecule has 0 radical (unpaired) electrons. The molecule has 0 amide bonds. The van der Waals surface area contributed by atoms with Gasteiger partial charge in [0.05, 0.1) is 23.2 Å². The molecule has 3 aromatic rings. The molecular weight excluding hydrogens is 256 g/mol. The Bertz CT molecular complexity index is 765. The highest BCUT2D eigenvalue weighted by Crippen LogP contribution is 2.36. The maximum atomic E-state index is 10.0. The minimum absolute atomic E-state index is 0.0348. The number of hydrogen-bond donors (Lipinski definition) is 3. The molecule has 5 heteroatoms. The number of aliphatic hydroxyl groups is 1. The van der Waals surface area contributed by atoms with Crippen LogP contribution in [-0.4, -0.2) is 31.5 Å². The summed E-state index contributed by atoms with van der Waals surface area (Å²) in [5.41, 5.74) is 2.09. The van der Waals surface area contributed by atoms with E-state index in [4.69, 9.17) is 0 Å². The van der Waals surface area contributed by atoms with E-state index in [1.807, 2.05) is 28.8 Å². The van der Waals surface area contributed by atoms with Crippen LogP contribution in [-0.2, 0) is 6.54 Å². The van der Waals surface area contributed by atoms with E-state index in [0.29, 0.717) is 17.9 Å². The van der Waals surface area contributed by atoms with E-state index < -0.39 is 0 Å². The summed E-state index contributed by atoms with van der Waals surface area (Å²) in [5.74, 6) is 0.126. The number of nitrogens with zero attached hydrogens (tertiary/aromatic N) is 2. The van der Waals surface area contributed by atoms with Gasteiger partial charge in [0, 0.05) is 6.54 Å². The second kappa shape index (κ2) is 4.86. The third-order valence-corrected chi connectivity index (χ3v) is 3.23. The topological polar surface area (TPSA) is 78.5 Å². The van der Waals surface area contributed by atoms with E-state index in [1.54, 1.807) is 12.1 Å². The number of hydrogen-bond acceptors (Lipinski definition) is 4. The van der Waals surface area contributed by atoms with Crippen molar-refractivity contribution in [2.45, 2.75) is 6.54 Å². The fourth-order valence-corrected chi connectivity index (χ4v) is 2.32. The zero-order valence-corrected chi connectivity index (χ0v) is 10.7. The second-order valence-corrected chi connectivity index (χ2v) is 4.47. The Labute approximate surface area is 115 Å². The molecule has 20 heavy (non-hydrogen) atoms. The number of phenols is 2. The molecule has 5 nitrogen and oxygen atoms in total. The molecule has 0 saturated heterocycles. The van der Waals surface area contributed by atoms with Gasteiger partial charge in [0.25, 0.3) is 0 Å². The predicted octanol–water partition coefficient (Wildman–Crippen LogP) is 2.11. The van der Waals surface area contributed by atoms with Crippen molar-refractivity contribution in [2.24, 2.45) is 0 Å². The summed E-state index contributed by atoms with van der Waals surface area (Å²) < 4.78 is 1.82. The number of aromatic hydroxyl groups is 2. The Morgan fingerprint density at radius 2 is 1.80 bits per heavy atom. The van der Waals surface area contributed by atoms with Crippen LogP contribution in [0.1, 0.15) is 0 Å². The van der Waals surface area contributed by atoms with Gasteiger partial charge < -0.3 is 19.9 Å². The van der Waals surface area contributed by atoms with Crippen LogP contribution in [0.25, 0.3) is 22.4 Å². The number of benzene rings is 2. The van der Waals surface area contributed by atoms with E-state index >= 15 is 0 Å². The molecule has 102 valence electrons. The molecule has 0 aliphatic rings. The van der Waals surface area contributed by atoms with E-state index in [9.17, 15) is 15.3 Å². The lowest BCUT2D eigenvalue weighted by Crippen LogP contribution is -2.04. The molecule has 1 heterocycles. The molecule has 3 N–H and O–H groups in total. The van der Waals surface area contributed by atoms with E-state index in [-0.39, 0.29) is 18.1 Å². The molecule has 0 atom stereocenters. The van der Waals surface area contributed by atoms with Crippen LogP contribution in [0.15, 0.2) is 42.5 Å². The van der Waals surface area contributed by atoms with Gasteiger partial charge in [-0.25, -0.2) is 4.98 Å². The van der Waals surface area contributed by atoms with E-state index in [0.717, 1.165) is 11.0 Å². The Hall–Kier alpha value is -2.53. The molecule has 0 aliphatic carbocycles. The number of imidazole rings is 1. The van der Waals surface area contributed by atoms with Crippen molar-refractivity contribution in [2.75, 3.05) is 6.61 Å². The van der Waals surface area contributed by atoms with Gasteiger partial charge in [-0.1, -0.05) is 18.2 Å². The van der Waals surface area contributed by atoms with Gasteiger partial charge in [-0.05, 0) is 24.3 Å². The number of fused-ring (bicyclic) bond motifs is 1. The first-order valence-corrected chi connectivity index (χ1v) is 6.30. The van der Waals surface area contributed by atoms with Crippen molar-refractivity contribution >= 4 is 11.0 Å². The molecule has 0 saturated carbocycles. The summed E-state index contributed by atoms with van der Waals surface area (Å²) >= 11 is 0. The quantitative estimate of drug-likeness (QED) is 0.637. The Morgan fingerprint density at radius 3 is 2.60 bits per heavy atom. The minimum atomic E-state index is -0.206. The van der Waals surface area contributed by atoms with Gasteiger partial charge in [-0.2, -0.15) is 0 Å². The average Bonchev–Trinajstić information content (AvgIpc) is 2.81. The number of para-hydroxylation sites is 3. The zero-order chi connectivity index (χ0) is 14.1. The molecule has 0 spiro atoms. The van der Waals surface area contributed by atoms with Crippen molar-refractivity contribution in [3.63, 3.8) is 0 Å². The van der Waals surface area contributed by atoms with Gasteiger partial charge in [0.2, 0.25) is 0 Å². The molecule has 1 aromatic heterocycles. The fourth-order valence-electron chi connectivity index (χ4n) is 2.32. The van der Waals surface area contributed by atoms with Crippen LogP contribution in [0.4, 0.5) is 0 Å². The number of aromatic nitrogens is 2. The fraction of sp³-hybridized carbons (Fsp3) is 0.133. The molecule has 0 bridgehead atoms. The van der Waals surface area contributed by atoms with Crippen molar-refractivity contribution in [1.29, 1.82) is 0 Å². The molecule has 2 aromatic carbocycles. The van der Waals surface area contributed by atoms with Gasteiger partial charge in [0.1, 0.15) is 5.82 Å². The van der Waals surface area contributed by atoms with Crippen LogP contribution in [0.2, 0.25) is 0 Å². The summed E-state index contributed by atoms with van der Waals surface area (Å²) in [4.78, 5) is 4.48. The first kappa shape index (κ1) is 12.5. The monoisotopic (exact) mass is 270 g/mol. The van der Waals surface area contributed by atoms with Crippen molar-refractivity contribution in [3.05, 3.63) is 42.5 Å². The van der Waals surface area contributed by atoms with Gasteiger partial charge in [-0.3, -0.25) is 0 Å². The predicted molar refractivity (Wildman–Crippen MR) is 75.6 cm³/mol. The minimum Gasteiger partial charge on any atom is -0.504 e. The maximum Gasteiger partial charge on any atom is 0.168 e. The standard InChI is InChI=1S/C15H14N2O3/c18-9-8-17-12-6-2-1-5-11(12)16-15(17)10-4-3-7-13(19)14(10)20/h1-7,18-20H,8-9H2. The normalized spacial score (nSPS) is 11.1. The molecular formula is C15H14N2O3. The summed E-state index contributed by atoms with van der Waals surface area (Å²) in [5, 5.41) is 28.9. The molecule has 3 rings (SSSR count). The second-order valence-electron chi connectivity index (χ2n) is 4.47. The first-order valence-electron chi connectivity index (χ1n) is 6.30. The Balaban J connectivity index is 2.29. The van der Waals surface area contributed by atoms with Crippen LogP contribution in [0.3, 0.4) is 0 Å². The largest absolute Gasteiger partial charge is 0.504 e. The number of rotatable bonds is 3. The summed E-state index contributed by atoms with van der Waals surface area (Å²) in [6.07, 6.45) is 0. The SMILES string of the molecule is OCCn1c(-c2cccc(O)c2O)nc2ccccc21. The maximum absolute atomic E-state index is 10.0. The molecule has 0 unspecified atom stereocenters. The highest BCUT2D eigenvalue weighted by Gasteiger charge is 2.16. The summed E-state index contributed by atoms with van der Waals surface area (Å²) in [7, 11) is 0. The van der Waals surface area contributed by atoms with Crippen molar-refractivity contribution in [1.82, 2.24) is 9.55 Å². The lowest BCUT2D eigenvalue weighted by Gasteiger charge is -2.09. The van der Waals surface area contributed by atoms with Crippen LogP contribution in [0, 0.1) is 0 Å². The smallest absolute Gasteiger partial charge is 0.168 e. The van der Waals surface area contributed by atoms with E-state index in [2.05, 4.69) is 4.98 Å². The number of phenolic OH excluding ortho intramolecular Hbond substituents is 2. The van der Waals surface area contributed by atoms with E-state index in [1.165, 1.54) is 6.07 Å². The lowest BCUT2D eigenvalue weighted by atomic mass is 10.1. The van der Waals surface area contributed by atoms with Crippen LogP contribution >= 0.6 is 0 Å². The average molecular weight is 270 g/mol. The third-order valence-electron chi connectivity index (χ3n) is 3.23.